The van der Waals surface area contributed by atoms with Crippen molar-refractivity contribution in [1.82, 2.24) is 10.2 Å². The van der Waals surface area contributed by atoms with Crippen LogP contribution in [0.15, 0.2) is 18.2 Å². The zero-order valence-corrected chi connectivity index (χ0v) is 12.4. The Balaban J connectivity index is 0.00000200. The van der Waals surface area contributed by atoms with Crippen LogP contribution in [0.4, 0.5) is 22.0 Å². The Morgan fingerprint density at radius 3 is 2.14 bits per heavy atom. The van der Waals surface area contributed by atoms with Gasteiger partial charge in [0.25, 0.3) is 0 Å². The van der Waals surface area contributed by atoms with E-state index in [0.29, 0.717) is 13.1 Å². The molecule has 0 unspecified atom stereocenters. The van der Waals surface area contributed by atoms with Crippen molar-refractivity contribution in [2.75, 3.05) is 26.2 Å². The fourth-order valence-electron chi connectivity index (χ4n) is 2.25. The number of benzene rings is 1. The molecule has 122 valence electrons. The van der Waals surface area contributed by atoms with Gasteiger partial charge in [-0.05, 0) is 6.07 Å². The molecule has 1 aromatic carbocycles. The van der Waals surface area contributed by atoms with Crippen molar-refractivity contribution < 1.29 is 22.0 Å². The normalized spacial score (nSPS) is 17.6. The average molecular weight is 353 g/mol. The summed E-state index contributed by atoms with van der Waals surface area (Å²) in [5.41, 5.74) is -0.658. The van der Waals surface area contributed by atoms with Gasteiger partial charge in [0.05, 0.1) is 0 Å². The molecule has 21 heavy (non-hydrogen) atoms. The van der Waals surface area contributed by atoms with E-state index in [4.69, 9.17) is 0 Å². The fraction of sp³-hybridized carbons (Fsp3) is 0.500. The predicted octanol–water partition coefficient (Wildman–Crippen LogP) is 3.32. The van der Waals surface area contributed by atoms with Gasteiger partial charge in [-0.1, -0.05) is 12.1 Å². The maximum absolute atomic E-state index is 13.6. The summed E-state index contributed by atoms with van der Waals surface area (Å²) in [5, 5.41) is 2.92. The van der Waals surface area contributed by atoms with E-state index in [1.54, 1.807) is 0 Å². The molecule has 0 amide bonds. The number of halogens is 7. The molecule has 0 aromatic heterocycles. The number of nitrogens with zero attached hydrogens (tertiary/aromatic N) is 1. The van der Waals surface area contributed by atoms with E-state index in [0.717, 1.165) is 23.1 Å². The summed E-state index contributed by atoms with van der Waals surface area (Å²) in [6, 6.07) is 0.780. The molecule has 0 bridgehead atoms. The van der Waals surface area contributed by atoms with Crippen molar-refractivity contribution in [1.29, 1.82) is 0 Å². The van der Waals surface area contributed by atoms with Crippen LogP contribution in [-0.2, 0) is 0 Å². The van der Waals surface area contributed by atoms with E-state index in [1.165, 1.54) is 0 Å². The largest absolute Gasteiger partial charge is 0.408 e. The quantitative estimate of drug-likeness (QED) is 0.821. The molecule has 1 fully saturated rings. The first-order valence-electron chi connectivity index (χ1n) is 5.86. The summed E-state index contributed by atoms with van der Waals surface area (Å²) in [4.78, 5) is 1.12. The lowest BCUT2D eigenvalue weighted by Crippen LogP contribution is -2.49. The van der Waals surface area contributed by atoms with E-state index < -0.39 is 29.4 Å². The first-order chi connectivity index (χ1) is 8.91. The van der Waals surface area contributed by atoms with E-state index in [-0.39, 0.29) is 37.9 Å². The second-order valence-electron chi connectivity index (χ2n) is 4.37. The summed E-state index contributed by atoms with van der Waals surface area (Å²) in [6.07, 6.45) is -4.65. The standard InChI is InChI=1S/C12H13F5N2.2ClH/c13-9-3-1-2-8(10(9)14)11(12(15,16)17)19-6-4-18-5-7-19;;/h1-3,11,18H,4-7H2;2*1H/t11-;;/m0../s1. The Hall–Kier alpha value is -0.630. The molecule has 2 rings (SSSR count). The highest BCUT2D eigenvalue weighted by molar-refractivity contribution is 5.85. The first kappa shape index (κ1) is 20.4. The van der Waals surface area contributed by atoms with Crippen LogP contribution in [0, 0.1) is 11.6 Å². The van der Waals surface area contributed by atoms with E-state index in [9.17, 15) is 22.0 Å². The number of rotatable bonds is 2. The SMILES string of the molecule is Cl.Cl.Fc1cccc([C@H](N2CCNCC2)C(F)(F)F)c1F. The maximum Gasteiger partial charge on any atom is 0.408 e. The molecule has 9 heteroatoms. The van der Waals surface area contributed by atoms with Gasteiger partial charge in [-0.2, -0.15) is 13.2 Å². The minimum Gasteiger partial charge on any atom is -0.314 e. The van der Waals surface area contributed by atoms with Crippen molar-refractivity contribution in [2.24, 2.45) is 0 Å². The van der Waals surface area contributed by atoms with E-state index in [1.807, 2.05) is 0 Å². The van der Waals surface area contributed by atoms with Gasteiger partial charge in [0, 0.05) is 31.7 Å². The third-order valence-corrected chi connectivity index (χ3v) is 3.10. The minimum atomic E-state index is -4.65. The molecule has 0 spiro atoms. The van der Waals surface area contributed by atoms with Crippen LogP contribution < -0.4 is 5.32 Å². The smallest absolute Gasteiger partial charge is 0.314 e. The summed E-state index contributed by atoms with van der Waals surface area (Å²) >= 11 is 0. The summed E-state index contributed by atoms with van der Waals surface area (Å²) in [5.74, 6) is -2.69. The summed E-state index contributed by atoms with van der Waals surface area (Å²) in [6.45, 7) is 1.06. The van der Waals surface area contributed by atoms with E-state index >= 15 is 0 Å². The van der Waals surface area contributed by atoms with Gasteiger partial charge in [0.2, 0.25) is 0 Å². The van der Waals surface area contributed by atoms with Gasteiger partial charge in [-0.3, -0.25) is 4.90 Å². The molecule has 1 N–H and O–H groups in total. The third-order valence-electron chi connectivity index (χ3n) is 3.10. The monoisotopic (exact) mass is 352 g/mol. The summed E-state index contributed by atoms with van der Waals surface area (Å²) < 4.78 is 66.2. The van der Waals surface area contributed by atoms with Gasteiger partial charge >= 0.3 is 6.18 Å². The van der Waals surface area contributed by atoms with Gasteiger partial charge in [-0.25, -0.2) is 8.78 Å². The molecule has 1 saturated heterocycles. The predicted molar refractivity (Wildman–Crippen MR) is 74.1 cm³/mol. The molecule has 1 aliphatic heterocycles. The third kappa shape index (κ3) is 4.67. The molecule has 0 radical (unpaired) electrons. The Morgan fingerprint density at radius 2 is 1.62 bits per heavy atom. The van der Waals surface area contributed by atoms with Crippen molar-refractivity contribution in [3.05, 3.63) is 35.4 Å². The molecule has 1 aliphatic rings. The number of alkyl halides is 3. The number of hydrogen-bond donors (Lipinski definition) is 1. The number of hydrogen-bond acceptors (Lipinski definition) is 2. The minimum absolute atomic E-state index is 0. The zero-order valence-electron chi connectivity index (χ0n) is 10.8. The highest BCUT2D eigenvalue weighted by Crippen LogP contribution is 2.39. The molecule has 0 aliphatic carbocycles. The van der Waals surface area contributed by atoms with Crippen LogP contribution in [0.5, 0.6) is 0 Å². The van der Waals surface area contributed by atoms with Crippen LogP contribution in [0.25, 0.3) is 0 Å². The molecule has 1 heterocycles. The lowest BCUT2D eigenvalue weighted by Gasteiger charge is -2.36. The van der Waals surface area contributed by atoms with Crippen LogP contribution >= 0.6 is 24.8 Å². The second-order valence-corrected chi connectivity index (χ2v) is 4.37. The van der Waals surface area contributed by atoms with Gasteiger partial charge < -0.3 is 5.32 Å². The second kappa shape index (κ2) is 8.12. The van der Waals surface area contributed by atoms with Crippen molar-refractivity contribution >= 4 is 24.8 Å². The molecule has 1 aromatic rings. The van der Waals surface area contributed by atoms with Crippen molar-refractivity contribution in [3.8, 4) is 0 Å². The topological polar surface area (TPSA) is 15.3 Å². The first-order valence-corrected chi connectivity index (χ1v) is 5.86. The summed E-state index contributed by atoms with van der Waals surface area (Å²) in [7, 11) is 0. The molecular weight excluding hydrogens is 338 g/mol. The van der Waals surface area contributed by atoms with Gasteiger partial charge in [0.15, 0.2) is 11.6 Å². The highest BCUT2D eigenvalue weighted by Gasteiger charge is 2.46. The Bertz CT molecular complexity index is 450. The lowest BCUT2D eigenvalue weighted by molar-refractivity contribution is -0.188. The fourth-order valence-corrected chi connectivity index (χ4v) is 2.25. The Labute approximate surface area is 131 Å². The van der Waals surface area contributed by atoms with Crippen LogP contribution in [0.1, 0.15) is 11.6 Å². The van der Waals surface area contributed by atoms with Crippen molar-refractivity contribution in [3.63, 3.8) is 0 Å². The number of piperazine rings is 1. The van der Waals surface area contributed by atoms with Crippen molar-refractivity contribution in [2.45, 2.75) is 12.2 Å². The molecule has 2 nitrogen and oxygen atoms in total. The molecule has 1 atom stereocenters. The Morgan fingerprint density at radius 1 is 1.05 bits per heavy atom. The number of nitrogens with one attached hydrogen (secondary N) is 1. The zero-order chi connectivity index (χ0) is 14.0. The van der Waals surface area contributed by atoms with Gasteiger partial charge in [0.1, 0.15) is 6.04 Å². The van der Waals surface area contributed by atoms with Gasteiger partial charge in [-0.15, -0.1) is 24.8 Å². The average Bonchev–Trinajstić information content (AvgIpc) is 2.35. The molecule has 0 saturated carbocycles. The Kier molecular flexibility index (Phi) is 7.88. The van der Waals surface area contributed by atoms with Crippen LogP contribution in [0.2, 0.25) is 0 Å². The maximum atomic E-state index is 13.6. The van der Waals surface area contributed by atoms with E-state index in [2.05, 4.69) is 5.32 Å². The molecular formula is C12H15Cl2F5N2. The highest BCUT2D eigenvalue weighted by atomic mass is 35.5. The van der Waals surface area contributed by atoms with Crippen LogP contribution in [0.3, 0.4) is 0 Å². The van der Waals surface area contributed by atoms with Crippen LogP contribution in [-0.4, -0.2) is 37.3 Å². The lowest BCUT2D eigenvalue weighted by atomic mass is 10.0.